The second kappa shape index (κ2) is 9.55. The van der Waals surface area contributed by atoms with Gasteiger partial charge in [-0.15, -0.1) is 0 Å². The Balaban J connectivity index is 1.60. The van der Waals surface area contributed by atoms with Gasteiger partial charge in [-0.2, -0.15) is 0 Å². The van der Waals surface area contributed by atoms with Crippen molar-refractivity contribution in [3.05, 3.63) is 70.8 Å². The third-order valence-electron chi connectivity index (χ3n) is 5.34. The first-order valence-corrected chi connectivity index (χ1v) is 12.2. The third-order valence-corrected chi connectivity index (χ3v) is 6.20. The van der Waals surface area contributed by atoms with Crippen LogP contribution in [0.5, 0.6) is 0 Å². The van der Waals surface area contributed by atoms with Gasteiger partial charge in [0.05, 0.1) is 5.75 Å². The molecule has 1 atom stereocenters. The van der Waals surface area contributed by atoms with E-state index in [1.165, 1.54) is 24.7 Å². The normalized spacial score (nSPS) is 17.8. The van der Waals surface area contributed by atoms with Crippen LogP contribution in [0.2, 0.25) is 0 Å². The molecule has 1 saturated heterocycles. The lowest BCUT2D eigenvalue weighted by atomic mass is 9.99. The van der Waals surface area contributed by atoms with E-state index in [4.69, 9.17) is 0 Å². The van der Waals surface area contributed by atoms with Crippen LogP contribution in [0.3, 0.4) is 0 Å². The fourth-order valence-corrected chi connectivity index (χ4v) is 4.69. The summed E-state index contributed by atoms with van der Waals surface area (Å²) in [6.45, 7) is 5.95. The van der Waals surface area contributed by atoms with E-state index in [-0.39, 0.29) is 11.7 Å². The molecule has 3 rings (SSSR count). The number of carbonyl (C=O) groups excluding carboxylic acids is 1. The van der Waals surface area contributed by atoms with Crippen molar-refractivity contribution in [2.24, 2.45) is 5.92 Å². The molecule has 1 heterocycles. The topological polar surface area (TPSA) is 66.5 Å². The van der Waals surface area contributed by atoms with Crippen molar-refractivity contribution in [2.45, 2.75) is 38.6 Å². The minimum Gasteiger partial charge on any atom is -0.348 e. The fraction of sp³-hybridized carbons (Fsp3) is 0.435. The lowest BCUT2D eigenvalue weighted by molar-refractivity contribution is 0.0950. The Labute approximate surface area is 174 Å². The van der Waals surface area contributed by atoms with E-state index in [0.717, 1.165) is 31.1 Å². The van der Waals surface area contributed by atoms with E-state index in [1.54, 1.807) is 24.3 Å². The van der Waals surface area contributed by atoms with Crippen LogP contribution in [-0.4, -0.2) is 38.6 Å². The molecule has 0 aromatic heterocycles. The molecule has 0 bridgehead atoms. The number of amides is 1. The average Bonchev–Trinajstić information content (AvgIpc) is 2.66. The van der Waals surface area contributed by atoms with Gasteiger partial charge in [0.25, 0.3) is 5.91 Å². The number of nitrogens with one attached hydrogen (secondary N) is 1. The molecule has 0 aliphatic carbocycles. The second-order valence-corrected chi connectivity index (χ2v) is 10.3. The molecule has 29 heavy (non-hydrogen) atoms. The van der Waals surface area contributed by atoms with E-state index in [1.807, 2.05) is 6.07 Å². The van der Waals surface area contributed by atoms with Crippen LogP contribution in [-0.2, 0) is 28.7 Å². The smallest absolute Gasteiger partial charge is 0.251 e. The zero-order valence-electron chi connectivity index (χ0n) is 17.2. The molecule has 1 aliphatic heterocycles. The number of rotatable bonds is 7. The van der Waals surface area contributed by atoms with Crippen molar-refractivity contribution < 1.29 is 13.2 Å². The van der Waals surface area contributed by atoms with Gasteiger partial charge in [-0.05, 0) is 54.1 Å². The predicted octanol–water partition coefficient (Wildman–Crippen LogP) is 3.39. The molecular weight excluding hydrogens is 384 g/mol. The van der Waals surface area contributed by atoms with E-state index < -0.39 is 9.84 Å². The monoisotopic (exact) mass is 414 g/mol. The number of carbonyl (C=O) groups is 1. The van der Waals surface area contributed by atoms with Crippen molar-refractivity contribution in [1.29, 1.82) is 0 Å². The zero-order valence-corrected chi connectivity index (χ0v) is 18.0. The van der Waals surface area contributed by atoms with Gasteiger partial charge < -0.3 is 5.32 Å². The predicted molar refractivity (Wildman–Crippen MR) is 116 cm³/mol. The molecule has 156 valence electrons. The number of piperidine rings is 1. The summed E-state index contributed by atoms with van der Waals surface area (Å²) in [6, 6.07) is 15.0. The molecule has 2 aromatic carbocycles. The molecule has 0 saturated carbocycles. The molecule has 1 aliphatic rings. The second-order valence-electron chi connectivity index (χ2n) is 8.20. The Morgan fingerprint density at radius 1 is 1.10 bits per heavy atom. The van der Waals surface area contributed by atoms with Crippen molar-refractivity contribution in [3.8, 4) is 0 Å². The molecule has 0 unspecified atom stereocenters. The zero-order chi connectivity index (χ0) is 20.9. The Morgan fingerprint density at radius 2 is 1.79 bits per heavy atom. The molecule has 1 amide bonds. The standard InChI is InChI=1S/C23H30N2O3S/c1-18-6-5-13-25(15-18)16-22-8-4-3-7-21(22)14-24-23(26)20-11-9-19(10-12-20)17-29(2,27)28/h3-4,7-12,18H,5-6,13-17H2,1-2H3,(H,24,26)/t18-/m1/s1. The van der Waals surface area contributed by atoms with Crippen LogP contribution in [0.25, 0.3) is 0 Å². The Morgan fingerprint density at radius 3 is 2.45 bits per heavy atom. The highest BCUT2D eigenvalue weighted by Crippen LogP contribution is 2.19. The van der Waals surface area contributed by atoms with Gasteiger partial charge in [-0.1, -0.05) is 43.3 Å². The van der Waals surface area contributed by atoms with Gasteiger partial charge in [0.1, 0.15) is 0 Å². The minimum absolute atomic E-state index is 0.0165. The lowest BCUT2D eigenvalue weighted by Crippen LogP contribution is -2.34. The number of nitrogens with zero attached hydrogens (tertiary/aromatic N) is 1. The van der Waals surface area contributed by atoms with Crippen LogP contribution in [0.15, 0.2) is 48.5 Å². The summed E-state index contributed by atoms with van der Waals surface area (Å²) in [7, 11) is -3.08. The molecule has 1 fully saturated rings. The van der Waals surface area contributed by atoms with E-state index >= 15 is 0 Å². The summed E-state index contributed by atoms with van der Waals surface area (Å²) in [4.78, 5) is 15.0. The highest BCUT2D eigenvalue weighted by atomic mass is 32.2. The average molecular weight is 415 g/mol. The van der Waals surface area contributed by atoms with Crippen LogP contribution < -0.4 is 5.32 Å². The van der Waals surface area contributed by atoms with Gasteiger partial charge in [0.2, 0.25) is 0 Å². The number of hydrogen-bond acceptors (Lipinski definition) is 4. The van der Waals surface area contributed by atoms with Crippen molar-refractivity contribution in [2.75, 3.05) is 19.3 Å². The van der Waals surface area contributed by atoms with Gasteiger partial charge >= 0.3 is 0 Å². The molecule has 5 nitrogen and oxygen atoms in total. The minimum atomic E-state index is -3.08. The van der Waals surface area contributed by atoms with Crippen LogP contribution in [0.1, 0.15) is 46.8 Å². The SMILES string of the molecule is C[C@@H]1CCCN(Cc2ccccc2CNC(=O)c2ccc(CS(C)(=O)=O)cc2)C1. The Hall–Kier alpha value is -2.18. The summed E-state index contributed by atoms with van der Waals surface area (Å²) in [5.41, 5.74) is 3.60. The van der Waals surface area contributed by atoms with Gasteiger partial charge in [0.15, 0.2) is 9.84 Å². The quantitative estimate of drug-likeness (QED) is 0.754. The van der Waals surface area contributed by atoms with E-state index in [2.05, 4.69) is 35.3 Å². The van der Waals surface area contributed by atoms with Gasteiger partial charge in [-0.25, -0.2) is 8.42 Å². The van der Waals surface area contributed by atoms with Crippen LogP contribution in [0.4, 0.5) is 0 Å². The van der Waals surface area contributed by atoms with Crippen LogP contribution >= 0.6 is 0 Å². The lowest BCUT2D eigenvalue weighted by Gasteiger charge is -2.31. The summed E-state index contributed by atoms with van der Waals surface area (Å²) in [5.74, 6) is 0.566. The van der Waals surface area contributed by atoms with Crippen molar-refractivity contribution >= 4 is 15.7 Å². The van der Waals surface area contributed by atoms with Gasteiger partial charge in [0, 0.05) is 31.5 Å². The number of likely N-dealkylation sites (tertiary alicyclic amines) is 1. The Kier molecular flexibility index (Phi) is 7.09. The largest absolute Gasteiger partial charge is 0.348 e. The number of sulfone groups is 1. The maximum Gasteiger partial charge on any atom is 0.251 e. The van der Waals surface area contributed by atoms with E-state index in [0.29, 0.717) is 17.7 Å². The van der Waals surface area contributed by atoms with Crippen molar-refractivity contribution in [1.82, 2.24) is 10.2 Å². The maximum atomic E-state index is 12.5. The molecular formula is C23H30N2O3S. The summed E-state index contributed by atoms with van der Waals surface area (Å²) in [6.07, 6.45) is 3.75. The van der Waals surface area contributed by atoms with Gasteiger partial charge in [-0.3, -0.25) is 9.69 Å². The summed E-state index contributed by atoms with van der Waals surface area (Å²) < 4.78 is 22.8. The maximum absolute atomic E-state index is 12.5. The van der Waals surface area contributed by atoms with Crippen LogP contribution in [0, 0.1) is 5.92 Å². The highest BCUT2D eigenvalue weighted by molar-refractivity contribution is 7.89. The molecule has 0 spiro atoms. The number of hydrogen-bond donors (Lipinski definition) is 1. The first-order valence-electron chi connectivity index (χ1n) is 10.1. The summed E-state index contributed by atoms with van der Waals surface area (Å²) >= 11 is 0. The molecule has 2 aromatic rings. The molecule has 1 N–H and O–H groups in total. The molecule has 6 heteroatoms. The highest BCUT2D eigenvalue weighted by Gasteiger charge is 2.17. The fourth-order valence-electron chi connectivity index (χ4n) is 3.89. The first-order chi connectivity index (χ1) is 13.8. The number of benzene rings is 2. The Bertz CT molecular complexity index is 939. The van der Waals surface area contributed by atoms with Crippen molar-refractivity contribution in [3.63, 3.8) is 0 Å². The van der Waals surface area contributed by atoms with E-state index in [9.17, 15) is 13.2 Å². The third kappa shape index (κ3) is 6.68. The first kappa shape index (κ1) is 21.5. The summed E-state index contributed by atoms with van der Waals surface area (Å²) in [5, 5.41) is 2.99. The molecule has 0 radical (unpaired) electrons.